The molecule has 2 aromatic carbocycles. The number of pyridine rings is 1. The molecular formula is C28H31FN2O4S. The zero-order valence-corrected chi connectivity index (χ0v) is 21.9. The average Bonchev–Trinajstić information content (AvgIpc) is 3.63. The van der Waals surface area contributed by atoms with Gasteiger partial charge in [0.05, 0.1) is 19.1 Å². The number of aromatic amines is 1. The van der Waals surface area contributed by atoms with Crippen LogP contribution in [0.15, 0.2) is 53.5 Å². The van der Waals surface area contributed by atoms with Crippen LogP contribution in [0.3, 0.4) is 0 Å². The molecule has 0 atom stereocenters. The van der Waals surface area contributed by atoms with Crippen LogP contribution in [0.5, 0.6) is 5.75 Å². The van der Waals surface area contributed by atoms with Gasteiger partial charge in [0.1, 0.15) is 11.6 Å². The molecule has 1 aromatic heterocycles. The standard InChI is InChI=1S/C28H31FN2O4S/c1-28(2,3)25-15-20(24-16-21(29)17-30-27(24)32)14-19(26(25)35-4)9-6-18-7-10-22(11-8-18)31(23-12-13-23)36(5,33)34/h6-11,14-17,23H,12-13H2,1-5H3,(H,30,32). The van der Waals surface area contributed by atoms with Crippen molar-refractivity contribution in [3.05, 3.63) is 81.5 Å². The largest absolute Gasteiger partial charge is 0.496 e. The topological polar surface area (TPSA) is 79.5 Å². The van der Waals surface area contributed by atoms with Gasteiger partial charge in [-0.1, -0.05) is 45.1 Å². The van der Waals surface area contributed by atoms with Gasteiger partial charge >= 0.3 is 0 Å². The predicted octanol–water partition coefficient (Wildman–Crippen LogP) is 5.59. The second-order valence-corrected chi connectivity index (χ2v) is 12.0. The van der Waals surface area contributed by atoms with E-state index in [1.54, 1.807) is 25.3 Å². The van der Waals surface area contributed by atoms with Crippen molar-refractivity contribution < 1.29 is 17.5 Å². The van der Waals surface area contributed by atoms with Crippen molar-refractivity contribution in [3.63, 3.8) is 0 Å². The summed E-state index contributed by atoms with van der Waals surface area (Å²) < 4.78 is 45.7. The zero-order chi connectivity index (χ0) is 26.3. The van der Waals surface area contributed by atoms with Crippen LogP contribution in [0.1, 0.15) is 50.3 Å². The minimum atomic E-state index is -3.34. The smallest absolute Gasteiger partial charge is 0.256 e. The molecule has 1 fully saturated rings. The van der Waals surface area contributed by atoms with Crippen molar-refractivity contribution in [3.8, 4) is 16.9 Å². The van der Waals surface area contributed by atoms with Crippen LogP contribution < -0.4 is 14.6 Å². The molecule has 190 valence electrons. The van der Waals surface area contributed by atoms with E-state index in [2.05, 4.69) is 4.98 Å². The summed E-state index contributed by atoms with van der Waals surface area (Å²) in [7, 11) is -1.74. The lowest BCUT2D eigenvalue weighted by atomic mass is 9.83. The molecule has 6 nitrogen and oxygen atoms in total. The lowest BCUT2D eigenvalue weighted by Gasteiger charge is -2.24. The molecule has 4 rings (SSSR count). The number of aromatic nitrogens is 1. The summed E-state index contributed by atoms with van der Waals surface area (Å²) in [6, 6.07) is 12.3. The molecular weight excluding hydrogens is 479 g/mol. The Morgan fingerprint density at radius 2 is 1.75 bits per heavy atom. The second kappa shape index (κ2) is 9.58. The van der Waals surface area contributed by atoms with E-state index in [0.29, 0.717) is 17.0 Å². The van der Waals surface area contributed by atoms with Crippen LogP contribution >= 0.6 is 0 Å². The van der Waals surface area contributed by atoms with Crippen LogP contribution in [-0.2, 0) is 15.4 Å². The minimum absolute atomic E-state index is 0.0372. The Balaban J connectivity index is 1.75. The third-order valence-corrected chi connectivity index (χ3v) is 7.37. The van der Waals surface area contributed by atoms with Crippen LogP contribution in [0.25, 0.3) is 23.3 Å². The molecule has 1 aliphatic carbocycles. The van der Waals surface area contributed by atoms with Gasteiger partial charge in [-0.3, -0.25) is 9.10 Å². The average molecular weight is 511 g/mol. The number of nitrogens with one attached hydrogen (secondary N) is 1. The van der Waals surface area contributed by atoms with Crippen molar-refractivity contribution in [2.24, 2.45) is 0 Å². The quantitative estimate of drug-likeness (QED) is 0.421. The highest BCUT2D eigenvalue weighted by Crippen LogP contribution is 2.39. The number of hydrogen-bond acceptors (Lipinski definition) is 4. The third-order valence-electron chi connectivity index (χ3n) is 6.15. The highest BCUT2D eigenvalue weighted by molar-refractivity contribution is 7.92. The lowest BCUT2D eigenvalue weighted by Crippen LogP contribution is -2.31. The van der Waals surface area contributed by atoms with E-state index in [9.17, 15) is 17.6 Å². The first-order valence-corrected chi connectivity index (χ1v) is 13.6. The number of ether oxygens (including phenoxy) is 1. The fourth-order valence-corrected chi connectivity index (χ4v) is 5.54. The maximum Gasteiger partial charge on any atom is 0.256 e. The molecule has 8 heteroatoms. The number of anilines is 1. The van der Waals surface area contributed by atoms with Crippen molar-refractivity contribution >= 4 is 27.9 Å². The second-order valence-electron chi connectivity index (χ2n) is 10.2. The van der Waals surface area contributed by atoms with Gasteiger partial charge in [0, 0.05) is 28.9 Å². The highest BCUT2D eigenvalue weighted by Gasteiger charge is 2.35. The Morgan fingerprint density at radius 1 is 1.08 bits per heavy atom. The number of H-pyrrole nitrogens is 1. The number of hydrogen-bond donors (Lipinski definition) is 1. The summed E-state index contributed by atoms with van der Waals surface area (Å²) in [5.74, 6) is 0.146. The minimum Gasteiger partial charge on any atom is -0.496 e. The molecule has 1 aliphatic rings. The molecule has 0 radical (unpaired) electrons. The van der Waals surface area contributed by atoms with Crippen molar-refractivity contribution in [1.29, 1.82) is 0 Å². The summed E-state index contributed by atoms with van der Waals surface area (Å²) in [5.41, 5.74) is 3.29. The van der Waals surface area contributed by atoms with Gasteiger partial charge in [0.2, 0.25) is 10.0 Å². The molecule has 0 unspecified atom stereocenters. The third kappa shape index (κ3) is 5.54. The molecule has 0 amide bonds. The molecule has 0 bridgehead atoms. The first-order chi connectivity index (χ1) is 16.9. The Hall–Kier alpha value is -3.39. The van der Waals surface area contributed by atoms with E-state index in [4.69, 9.17) is 4.74 Å². The fourth-order valence-electron chi connectivity index (χ4n) is 4.29. The van der Waals surface area contributed by atoms with E-state index in [1.165, 1.54) is 16.6 Å². The highest BCUT2D eigenvalue weighted by atomic mass is 32.2. The molecule has 36 heavy (non-hydrogen) atoms. The van der Waals surface area contributed by atoms with Gasteiger partial charge in [-0.05, 0) is 59.7 Å². The van der Waals surface area contributed by atoms with Gasteiger partial charge < -0.3 is 9.72 Å². The summed E-state index contributed by atoms with van der Waals surface area (Å²) in [6.45, 7) is 6.14. The summed E-state index contributed by atoms with van der Waals surface area (Å²) in [5, 5.41) is 0. The van der Waals surface area contributed by atoms with Gasteiger partial charge in [-0.2, -0.15) is 0 Å². The van der Waals surface area contributed by atoms with Gasteiger partial charge in [0.25, 0.3) is 5.56 Å². The summed E-state index contributed by atoms with van der Waals surface area (Å²) in [4.78, 5) is 14.9. The molecule has 1 heterocycles. The Bertz CT molecular complexity index is 1460. The van der Waals surface area contributed by atoms with Crippen LogP contribution in [-0.4, -0.2) is 32.8 Å². The molecule has 1 saturated carbocycles. The van der Waals surface area contributed by atoms with E-state index in [1.807, 2.05) is 51.1 Å². The summed E-state index contributed by atoms with van der Waals surface area (Å²) in [6.07, 6.45) is 7.79. The van der Waals surface area contributed by atoms with E-state index in [0.717, 1.165) is 35.7 Å². The Labute approximate surface area is 211 Å². The zero-order valence-electron chi connectivity index (χ0n) is 21.1. The number of rotatable bonds is 7. The molecule has 0 saturated heterocycles. The monoisotopic (exact) mass is 510 g/mol. The van der Waals surface area contributed by atoms with Gasteiger partial charge in [-0.15, -0.1) is 0 Å². The predicted molar refractivity (Wildman–Crippen MR) is 143 cm³/mol. The van der Waals surface area contributed by atoms with Gasteiger partial charge in [0.15, 0.2) is 0 Å². The van der Waals surface area contributed by atoms with E-state index in [-0.39, 0.29) is 22.6 Å². The molecule has 1 N–H and O–H groups in total. The Kier molecular flexibility index (Phi) is 6.84. The normalized spacial score (nSPS) is 14.3. The van der Waals surface area contributed by atoms with Crippen LogP contribution in [0.2, 0.25) is 0 Å². The van der Waals surface area contributed by atoms with Gasteiger partial charge in [-0.25, -0.2) is 12.8 Å². The van der Waals surface area contributed by atoms with Crippen LogP contribution in [0, 0.1) is 5.82 Å². The first-order valence-electron chi connectivity index (χ1n) is 11.8. The molecule has 0 aliphatic heterocycles. The number of methoxy groups -OCH3 is 1. The number of halogens is 1. The van der Waals surface area contributed by atoms with Crippen molar-refractivity contribution in [2.75, 3.05) is 17.7 Å². The SMILES string of the molecule is COc1c(C=Cc2ccc(N(C3CC3)S(C)(=O)=O)cc2)cc(-c2cc(F)c[nH]c2=O)cc1C(C)(C)C. The number of nitrogens with zero attached hydrogens (tertiary/aromatic N) is 1. The molecule has 0 spiro atoms. The number of sulfonamides is 1. The Morgan fingerprint density at radius 3 is 2.31 bits per heavy atom. The fraction of sp³-hybridized carbons (Fsp3) is 0.321. The van der Waals surface area contributed by atoms with E-state index >= 15 is 0 Å². The van der Waals surface area contributed by atoms with E-state index < -0.39 is 15.8 Å². The van der Waals surface area contributed by atoms with Crippen molar-refractivity contribution in [1.82, 2.24) is 4.98 Å². The van der Waals surface area contributed by atoms with Crippen molar-refractivity contribution in [2.45, 2.75) is 45.1 Å². The first kappa shape index (κ1) is 25.7. The lowest BCUT2D eigenvalue weighted by molar-refractivity contribution is 0.397. The number of benzene rings is 2. The summed E-state index contributed by atoms with van der Waals surface area (Å²) >= 11 is 0. The maximum atomic E-state index is 13.9. The maximum absolute atomic E-state index is 13.9. The molecule has 3 aromatic rings. The van der Waals surface area contributed by atoms with Crippen LogP contribution in [0.4, 0.5) is 10.1 Å².